The number of rotatable bonds is 4. The van der Waals surface area contributed by atoms with E-state index < -0.39 is 0 Å². The Kier molecular flexibility index (Phi) is 4.25. The molecule has 1 aromatic rings. The molecule has 1 aliphatic heterocycles. The second-order valence-electron chi connectivity index (χ2n) is 5.34. The zero-order valence-electron chi connectivity index (χ0n) is 11.3. The smallest absolute Gasteiger partial charge is 0.0681 e. The van der Waals surface area contributed by atoms with E-state index in [1.165, 1.54) is 0 Å². The molecule has 2 unspecified atom stereocenters. The van der Waals surface area contributed by atoms with Crippen LogP contribution in [0, 0.1) is 0 Å². The molecule has 100 valence electrons. The van der Waals surface area contributed by atoms with Gasteiger partial charge in [-0.25, -0.2) is 0 Å². The molecular weight excluding hydrogens is 226 g/mol. The third-order valence-electron chi connectivity index (χ3n) is 3.85. The van der Waals surface area contributed by atoms with Crippen molar-refractivity contribution in [1.82, 2.24) is 0 Å². The topological polar surface area (TPSA) is 41.5 Å². The molecule has 0 aromatic heterocycles. The van der Waals surface area contributed by atoms with E-state index >= 15 is 0 Å². The maximum absolute atomic E-state index is 9.01. The van der Waals surface area contributed by atoms with Crippen LogP contribution in [0.4, 0.5) is 5.69 Å². The summed E-state index contributed by atoms with van der Waals surface area (Å²) in [7, 11) is 0. The first-order valence-electron chi connectivity index (χ1n) is 6.75. The molecular formula is C15H23NO2. The lowest BCUT2D eigenvalue weighted by atomic mass is 9.90. The van der Waals surface area contributed by atoms with Crippen molar-refractivity contribution < 1.29 is 9.84 Å². The molecule has 2 N–H and O–H groups in total. The molecule has 0 aliphatic carbocycles. The minimum Gasteiger partial charge on any atom is -0.392 e. The number of hydrogen-bond donors (Lipinski definition) is 2. The Morgan fingerprint density at radius 3 is 2.72 bits per heavy atom. The molecule has 2 atom stereocenters. The van der Waals surface area contributed by atoms with Gasteiger partial charge in [-0.05, 0) is 43.9 Å². The van der Waals surface area contributed by atoms with E-state index in [1.807, 2.05) is 24.3 Å². The average Bonchev–Trinajstić information content (AvgIpc) is 2.40. The highest BCUT2D eigenvalue weighted by Gasteiger charge is 2.31. The zero-order valence-corrected chi connectivity index (χ0v) is 11.3. The van der Waals surface area contributed by atoms with Crippen LogP contribution < -0.4 is 5.32 Å². The lowest BCUT2D eigenvalue weighted by Gasteiger charge is -2.38. The zero-order chi connectivity index (χ0) is 13.0. The summed E-state index contributed by atoms with van der Waals surface area (Å²) in [5.74, 6) is 0. The number of ether oxygens (including phenoxy) is 1. The Bertz CT molecular complexity index is 377. The second kappa shape index (κ2) is 5.72. The van der Waals surface area contributed by atoms with Crippen molar-refractivity contribution in [2.75, 3.05) is 11.9 Å². The van der Waals surface area contributed by atoms with Gasteiger partial charge in [0.05, 0.1) is 12.2 Å². The van der Waals surface area contributed by atoms with Crippen LogP contribution in [0.5, 0.6) is 0 Å². The van der Waals surface area contributed by atoms with Gasteiger partial charge in [-0.1, -0.05) is 19.1 Å². The largest absolute Gasteiger partial charge is 0.392 e. The molecule has 1 fully saturated rings. The van der Waals surface area contributed by atoms with E-state index in [1.54, 1.807) is 0 Å². The Labute approximate surface area is 109 Å². The van der Waals surface area contributed by atoms with Crippen LogP contribution in [0.3, 0.4) is 0 Å². The van der Waals surface area contributed by atoms with Crippen molar-refractivity contribution in [2.24, 2.45) is 0 Å². The SMILES string of the molecule is CCC1(C)CC(Nc2ccc(CO)cc2)CCO1. The van der Waals surface area contributed by atoms with Crippen molar-refractivity contribution in [2.45, 2.75) is 51.4 Å². The van der Waals surface area contributed by atoms with Crippen LogP contribution in [-0.2, 0) is 11.3 Å². The summed E-state index contributed by atoms with van der Waals surface area (Å²) >= 11 is 0. The van der Waals surface area contributed by atoms with Gasteiger partial charge in [0, 0.05) is 18.3 Å². The Balaban J connectivity index is 1.96. The second-order valence-corrected chi connectivity index (χ2v) is 5.34. The molecule has 0 saturated carbocycles. The predicted molar refractivity (Wildman–Crippen MR) is 73.7 cm³/mol. The number of hydrogen-bond acceptors (Lipinski definition) is 3. The lowest BCUT2D eigenvalue weighted by molar-refractivity contribution is -0.0708. The van der Waals surface area contributed by atoms with Crippen LogP contribution in [0.1, 0.15) is 38.7 Å². The highest BCUT2D eigenvalue weighted by atomic mass is 16.5. The summed E-state index contributed by atoms with van der Waals surface area (Å²) in [6.07, 6.45) is 3.15. The standard InChI is InChI=1S/C15H23NO2/c1-3-15(2)10-14(8-9-18-15)16-13-6-4-12(11-17)5-7-13/h4-7,14,16-17H,3,8-11H2,1-2H3. The van der Waals surface area contributed by atoms with Crippen molar-refractivity contribution in [1.29, 1.82) is 0 Å². The summed E-state index contributed by atoms with van der Waals surface area (Å²) in [5.41, 5.74) is 2.09. The molecule has 1 aromatic carbocycles. The monoisotopic (exact) mass is 249 g/mol. The minimum atomic E-state index is 0.0148. The minimum absolute atomic E-state index is 0.0148. The quantitative estimate of drug-likeness (QED) is 0.862. The molecule has 1 heterocycles. The van der Waals surface area contributed by atoms with E-state index in [-0.39, 0.29) is 12.2 Å². The normalized spacial score (nSPS) is 28.1. The fraction of sp³-hybridized carbons (Fsp3) is 0.600. The third-order valence-corrected chi connectivity index (χ3v) is 3.85. The molecule has 0 radical (unpaired) electrons. The first-order chi connectivity index (χ1) is 8.65. The van der Waals surface area contributed by atoms with Gasteiger partial charge in [0.15, 0.2) is 0 Å². The summed E-state index contributed by atoms with van der Waals surface area (Å²) < 4.78 is 5.85. The summed E-state index contributed by atoms with van der Waals surface area (Å²) in [5, 5.41) is 12.6. The van der Waals surface area contributed by atoms with Gasteiger partial charge in [-0.2, -0.15) is 0 Å². The molecule has 3 nitrogen and oxygen atoms in total. The van der Waals surface area contributed by atoms with Crippen LogP contribution in [0.2, 0.25) is 0 Å². The van der Waals surface area contributed by atoms with Crippen molar-refractivity contribution in [3.63, 3.8) is 0 Å². The van der Waals surface area contributed by atoms with Gasteiger partial charge >= 0.3 is 0 Å². The third kappa shape index (κ3) is 3.24. The molecule has 0 spiro atoms. The maximum atomic E-state index is 9.01. The molecule has 1 aliphatic rings. The highest BCUT2D eigenvalue weighted by Crippen LogP contribution is 2.29. The maximum Gasteiger partial charge on any atom is 0.0681 e. The Hall–Kier alpha value is -1.06. The van der Waals surface area contributed by atoms with Crippen LogP contribution in [0.15, 0.2) is 24.3 Å². The Morgan fingerprint density at radius 1 is 1.39 bits per heavy atom. The molecule has 2 rings (SSSR count). The molecule has 3 heteroatoms. The molecule has 1 saturated heterocycles. The van der Waals surface area contributed by atoms with Crippen molar-refractivity contribution in [3.8, 4) is 0 Å². The van der Waals surface area contributed by atoms with Gasteiger partial charge in [-0.3, -0.25) is 0 Å². The van der Waals surface area contributed by atoms with E-state index in [0.29, 0.717) is 6.04 Å². The van der Waals surface area contributed by atoms with Gasteiger partial charge in [-0.15, -0.1) is 0 Å². The summed E-state index contributed by atoms with van der Waals surface area (Å²) in [6, 6.07) is 8.46. The Morgan fingerprint density at radius 2 is 2.11 bits per heavy atom. The van der Waals surface area contributed by atoms with Gasteiger partial charge in [0.1, 0.15) is 0 Å². The fourth-order valence-corrected chi connectivity index (χ4v) is 2.44. The molecule has 0 bridgehead atoms. The number of nitrogens with one attached hydrogen (secondary N) is 1. The highest BCUT2D eigenvalue weighted by molar-refractivity contribution is 5.45. The van der Waals surface area contributed by atoms with Crippen molar-refractivity contribution in [3.05, 3.63) is 29.8 Å². The first kappa shape index (κ1) is 13.4. The molecule has 0 amide bonds. The van der Waals surface area contributed by atoms with Crippen molar-refractivity contribution >= 4 is 5.69 Å². The van der Waals surface area contributed by atoms with E-state index in [0.717, 1.165) is 37.1 Å². The average molecular weight is 249 g/mol. The molecule has 18 heavy (non-hydrogen) atoms. The first-order valence-corrected chi connectivity index (χ1v) is 6.75. The van der Waals surface area contributed by atoms with Crippen LogP contribution in [-0.4, -0.2) is 23.4 Å². The number of aliphatic hydroxyl groups excluding tert-OH is 1. The van der Waals surface area contributed by atoms with Crippen LogP contribution >= 0.6 is 0 Å². The van der Waals surface area contributed by atoms with E-state index in [2.05, 4.69) is 19.2 Å². The summed E-state index contributed by atoms with van der Waals surface area (Å²) in [6.45, 7) is 5.30. The predicted octanol–water partition coefficient (Wildman–Crippen LogP) is 2.94. The van der Waals surface area contributed by atoms with Gasteiger partial charge in [0.25, 0.3) is 0 Å². The lowest BCUT2D eigenvalue weighted by Crippen LogP contribution is -2.41. The van der Waals surface area contributed by atoms with Gasteiger partial charge < -0.3 is 15.2 Å². The summed E-state index contributed by atoms with van der Waals surface area (Å²) in [4.78, 5) is 0. The number of anilines is 1. The van der Waals surface area contributed by atoms with E-state index in [4.69, 9.17) is 9.84 Å². The fourth-order valence-electron chi connectivity index (χ4n) is 2.44. The van der Waals surface area contributed by atoms with Crippen LogP contribution in [0.25, 0.3) is 0 Å². The van der Waals surface area contributed by atoms with Gasteiger partial charge in [0.2, 0.25) is 0 Å². The number of benzene rings is 1. The number of aliphatic hydroxyl groups is 1. The van der Waals surface area contributed by atoms with E-state index in [9.17, 15) is 0 Å².